The summed E-state index contributed by atoms with van der Waals surface area (Å²) in [6, 6.07) is 7.01. The van der Waals surface area contributed by atoms with Gasteiger partial charge in [0.05, 0.1) is 22.7 Å². The van der Waals surface area contributed by atoms with Gasteiger partial charge in [0, 0.05) is 13.1 Å². The topological polar surface area (TPSA) is 64.8 Å². The summed E-state index contributed by atoms with van der Waals surface area (Å²) in [5, 5.41) is 9.04. The summed E-state index contributed by atoms with van der Waals surface area (Å²) in [4.78, 5) is 17.4. The van der Waals surface area contributed by atoms with Crippen LogP contribution < -0.4 is 0 Å². The number of amides is 1. The van der Waals surface area contributed by atoms with Gasteiger partial charge in [0.2, 0.25) is 5.91 Å². The van der Waals surface area contributed by atoms with Crippen LogP contribution in [-0.4, -0.2) is 33.4 Å². The van der Waals surface area contributed by atoms with Crippen molar-refractivity contribution in [1.29, 1.82) is 5.26 Å². The first kappa shape index (κ1) is 15.3. The Balaban J connectivity index is 2.55. The average Bonchev–Trinajstić information content (AvgIpc) is 2.82. The van der Waals surface area contributed by atoms with Crippen molar-refractivity contribution in [3.63, 3.8) is 0 Å². The zero-order chi connectivity index (χ0) is 15.6. The number of benzene rings is 1. The predicted molar refractivity (Wildman–Crippen MR) is 84.5 cm³/mol. The number of nitrogens with one attached hydrogen (secondary N) is 1. The minimum absolute atomic E-state index is 0.0272. The highest BCUT2D eigenvalue weighted by Gasteiger charge is 2.22. The first-order valence-electron chi connectivity index (χ1n) is 6.96. The van der Waals surface area contributed by atoms with Gasteiger partial charge in [-0.3, -0.25) is 4.79 Å². The van der Waals surface area contributed by atoms with Gasteiger partial charge in [-0.25, -0.2) is 0 Å². The number of likely N-dealkylation sites (N-methyl/N-ethyl adjacent to an activating group) is 1. The fourth-order valence-electron chi connectivity index (χ4n) is 2.49. The second kappa shape index (κ2) is 6.10. The third-order valence-electron chi connectivity index (χ3n) is 3.67. The van der Waals surface area contributed by atoms with Crippen LogP contribution in [0.5, 0.6) is 0 Å². The number of nitriles is 1. The van der Waals surface area contributed by atoms with Gasteiger partial charge in [0.25, 0.3) is 0 Å². The van der Waals surface area contributed by atoms with Crippen molar-refractivity contribution in [2.45, 2.75) is 26.8 Å². The summed E-state index contributed by atoms with van der Waals surface area (Å²) in [5.74, 6) is 0.0272. The lowest BCUT2D eigenvalue weighted by molar-refractivity contribution is -0.133. The lowest BCUT2D eigenvalue weighted by Crippen LogP contribution is -2.36. The van der Waals surface area contributed by atoms with E-state index >= 15 is 0 Å². The molecular formula is C15H18N4OS. The number of carbonyl (C=O) groups is 1. The highest BCUT2D eigenvalue weighted by molar-refractivity contribution is 7.71. The maximum atomic E-state index is 12.5. The van der Waals surface area contributed by atoms with Crippen molar-refractivity contribution in [2.24, 2.45) is 0 Å². The molecule has 1 unspecified atom stereocenters. The Morgan fingerprint density at radius 1 is 1.48 bits per heavy atom. The van der Waals surface area contributed by atoms with Crippen LogP contribution in [-0.2, 0) is 4.79 Å². The molecule has 110 valence electrons. The molecule has 5 nitrogen and oxygen atoms in total. The van der Waals surface area contributed by atoms with E-state index in [4.69, 9.17) is 17.5 Å². The van der Waals surface area contributed by atoms with Crippen LogP contribution >= 0.6 is 12.2 Å². The fraction of sp³-hybridized carbons (Fsp3) is 0.400. The van der Waals surface area contributed by atoms with Crippen LogP contribution in [0.25, 0.3) is 11.0 Å². The van der Waals surface area contributed by atoms with Crippen molar-refractivity contribution in [3.05, 3.63) is 28.5 Å². The van der Waals surface area contributed by atoms with Gasteiger partial charge < -0.3 is 14.5 Å². The molecule has 21 heavy (non-hydrogen) atoms. The fourth-order valence-corrected chi connectivity index (χ4v) is 2.85. The van der Waals surface area contributed by atoms with Crippen LogP contribution in [0.4, 0.5) is 0 Å². The van der Waals surface area contributed by atoms with E-state index in [-0.39, 0.29) is 5.91 Å². The molecule has 2 aromatic rings. The van der Waals surface area contributed by atoms with Gasteiger partial charge in [-0.1, -0.05) is 0 Å². The first-order valence-corrected chi connectivity index (χ1v) is 7.37. The van der Waals surface area contributed by atoms with Crippen LogP contribution in [0, 0.1) is 16.1 Å². The molecule has 0 radical (unpaired) electrons. The molecule has 1 aromatic carbocycles. The molecule has 0 bridgehead atoms. The number of fused-ring (bicyclic) bond motifs is 1. The van der Waals surface area contributed by atoms with Gasteiger partial charge in [-0.15, -0.1) is 0 Å². The Kier molecular flexibility index (Phi) is 4.43. The van der Waals surface area contributed by atoms with Crippen LogP contribution in [0.1, 0.15) is 32.4 Å². The van der Waals surface area contributed by atoms with Crippen molar-refractivity contribution in [3.8, 4) is 6.07 Å². The Labute approximate surface area is 128 Å². The number of nitrogens with zero attached hydrogens (tertiary/aromatic N) is 3. The second-order valence-corrected chi connectivity index (χ2v) is 5.22. The van der Waals surface area contributed by atoms with E-state index < -0.39 is 6.04 Å². The minimum Gasteiger partial charge on any atom is -0.341 e. The molecule has 1 heterocycles. The molecule has 1 aromatic heterocycles. The van der Waals surface area contributed by atoms with Crippen molar-refractivity contribution >= 4 is 29.2 Å². The summed E-state index contributed by atoms with van der Waals surface area (Å²) < 4.78 is 2.28. The Morgan fingerprint density at radius 3 is 2.71 bits per heavy atom. The summed E-state index contributed by atoms with van der Waals surface area (Å²) in [5.41, 5.74) is 2.16. The molecule has 0 fully saturated rings. The molecule has 0 aliphatic heterocycles. The number of rotatable bonds is 4. The van der Waals surface area contributed by atoms with Crippen LogP contribution in [0.3, 0.4) is 0 Å². The third-order valence-corrected chi connectivity index (χ3v) is 3.97. The van der Waals surface area contributed by atoms with Gasteiger partial charge >= 0.3 is 0 Å². The van der Waals surface area contributed by atoms with E-state index in [1.807, 2.05) is 26.8 Å². The zero-order valence-electron chi connectivity index (χ0n) is 12.4. The van der Waals surface area contributed by atoms with Crippen molar-refractivity contribution in [2.75, 3.05) is 13.1 Å². The molecule has 0 saturated carbocycles. The summed E-state index contributed by atoms with van der Waals surface area (Å²) >= 11 is 5.34. The molecule has 0 spiro atoms. The molecule has 0 aliphatic rings. The summed E-state index contributed by atoms with van der Waals surface area (Å²) in [6.07, 6.45) is 0. The Bertz CT molecular complexity index is 764. The molecule has 2 rings (SSSR count). The Morgan fingerprint density at radius 2 is 2.14 bits per heavy atom. The van der Waals surface area contributed by atoms with Gasteiger partial charge in [-0.2, -0.15) is 5.26 Å². The number of H-pyrrole nitrogens is 1. The molecule has 6 heteroatoms. The average molecular weight is 302 g/mol. The molecule has 1 amide bonds. The molecular weight excluding hydrogens is 284 g/mol. The number of carbonyl (C=O) groups excluding carboxylic acids is 1. The highest BCUT2D eigenvalue weighted by Crippen LogP contribution is 2.21. The first-order chi connectivity index (χ1) is 10.0. The summed E-state index contributed by atoms with van der Waals surface area (Å²) in [6.45, 7) is 7.08. The van der Waals surface area contributed by atoms with E-state index in [2.05, 4.69) is 11.1 Å². The van der Waals surface area contributed by atoms with Gasteiger partial charge in [0.15, 0.2) is 4.77 Å². The number of aromatic nitrogens is 2. The number of hydrogen-bond donors (Lipinski definition) is 1. The number of hydrogen-bond acceptors (Lipinski definition) is 3. The van der Waals surface area contributed by atoms with Gasteiger partial charge in [-0.05, 0) is 51.2 Å². The van der Waals surface area contributed by atoms with E-state index in [1.54, 1.807) is 21.6 Å². The standard InChI is InChI=1S/C15H18N4OS/c1-4-18(5-2)14(20)10(3)19-13-8-11(9-16)6-7-12(13)17-15(19)21/h6-8,10H,4-5H2,1-3H3,(H,17,21). The largest absolute Gasteiger partial charge is 0.341 e. The molecule has 0 saturated heterocycles. The lowest BCUT2D eigenvalue weighted by Gasteiger charge is -2.24. The minimum atomic E-state index is -0.403. The smallest absolute Gasteiger partial charge is 0.245 e. The third kappa shape index (κ3) is 2.69. The van der Waals surface area contributed by atoms with Crippen LogP contribution in [0.15, 0.2) is 18.2 Å². The maximum absolute atomic E-state index is 12.5. The molecule has 1 atom stereocenters. The zero-order valence-corrected chi connectivity index (χ0v) is 13.2. The Hall–Kier alpha value is -2.13. The quantitative estimate of drug-likeness (QED) is 0.883. The van der Waals surface area contributed by atoms with Crippen molar-refractivity contribution in [1.82, 2.24) is 14.5 Å². The molecule has 0 aliphatic carbocycles. The molecule has 1 N–H and O–H groups in total. The monoisotopic (exact) mass is 302 g/mol. The van der Waals surface area contributed by atoms with E-state index in [0.29, 0.717) is 23.4 Å². The van der Waals surface area contributed by atoms with Crippen LogP contribution in [0.2, 0.25) is 0 Å². The predicted octanol–water partition coefficient (Wildman–Crippen LogP) is 3.00. The van der Waals surface area contributed by atoms with Gasteiger partial charge in [0.1, 0.15) is 6.04 Å². The number of aromatic amines is 1. The highest BCUT2D eigenvalue weighted by atomic mass is 32.1. The van der Waals surface area contributed by atoms with E-state index in [0.717, 1.165) is 11.0 Å². The second-order valence-electron chi connectivity index (χ2n) is 4.83. The summed E-state index contributed by atoms with van der Waals surface area (Å²) in [7, 11) is 0. The van der Waals surface area contributed by atoms with E-state index in [9.17, 15) is 4.79 Å². The van der Waals surface area contributed by atoms with Crippen molar-refractivity contribution < 1.29 is 4.79 Å². The normalized spacial score (nSPS) is 12.1. The SMILES string of the molecule is CCN(CC)C(=O)C(C)n1c(=S)[nH]c2ccc(C#N)cc21. The number of imidazole rings is 1. The van der Waals surface area contributed by atoms with E-state index in [1.165, 1.54) is 0 Å². The lowest BCUT2D eigenvalue weighted by atomic mass is 10.2. The maximum Gasteiger partial charge on any atom is 0.245 e.